The van der Waals surface area contributed by atoms with Gasteiger partial charge in [0.25, 0.3) is 0 Å². The number of hydrogen-bond acceptors (Lipinski definition) is 2. The monoisotopic (exact) mass is 158 g/mol. The van der Waals surface area contributed by atoms with Gasteiger partial charge >= 0.3 is 0 Å². The van der Waals surface area contributed by atoms with Gasteiger partial charge in [-0.05, 0) is 25.2 Å². The van der Waals surface area contributed by atoms with Gasteiger partial charge in [0.15, 0.2) is 0 Å². The number of aliphatic hydroxyl groups excluding tert-OH is 1. The van der Waals surface area contributed by atoms with Gasteiger partial charge in [0, 0.05) is 13.2 Å². The average Bonchev–Trinajstić information content (AvgIpc) is 2.47. The molecule has 2 unspecified atom stereocenters. The third-order valence-electron chi connectivity index (χ3n) is 2.52. The van der Waals surface area contributed by atoms with Crippen LogP contribution in [0.5, 0.6) is 0 Å². The third-order valence-corrected chi connectivity index (χ3v) is 2.52. The molecule has 0 aromatic rings. The van der Waals surface area contributed by atoms with Crippen LogP contribution < -0.4 is 0 Å². The summed E-state index contributed by atoms with van der Waals surface area (Å²) in [6.07, 6.45) is 4.80. The fourth-order valence-electron chi connectivity index (χ4n) is 1.77. The van der Waals surface area contributed by atoms with Crippen LogP contribution in [0.15, 0.2) is 0 Å². The van der Waals surface area contributed by atoms with E-state index in [9.17, 15) is 0 Å². The molecule has 0 spiro atoms. The van der Waals surface area contributed by atoms with Crippen molar-refractivity contribution >= 4 is 0 Å². The van der Waals surface area contributed by atoms with Gasteiger partial charge in [-0.2, -0.15) is 0 Å². The summed E-state index contributed by atoms with van der Waals surface area (Å²) in [5.74, 6) is 0.751. The van der Waals surface area contributed by atoms with Crippen molar-refractivity contribution in [2.45, 2.75) is 38.7 Å². The van der Waals surface area contributed by atoms with Crippen LogP contribution in [-0.2, 0) is 4.74 Å². The standard InChI is InChI=1S/C9H18O2/c1-2-8-5-7-11-9(8)4-3-6-10/h8-10H,2-7H2,1H3. The molecule has 0 aromatic carbocycles. The van der Waals surface area contributed by atoms with Gasteiger partial charge in [0.1, 0.15) is 0 Å². The van der Waals surface area contributed by atoms with Crippen LogP contribution >= 0.6 is 0 Å². The summed E-state index contributed by atoms with van der Waals surface area (Å²) < 4.78 is 5.55. The van der Waals surface area contributed by atoms with Gasteiger partial charge in [-0.1, -0.05) is 13.3 Å². The SMILES string of the molecule is CCC1CCOC1CCCO. The molecule has 1 aliphatic rings. The van der Waals surface area contributed by atoms with Gasteiger partial charge in [0.2, 0.25) is 0 Å². The average molecular weight is 158 g/mol. The van der Waals surface area contributed by atoms with Gasteiger partial charge < -0.3 is 9.84 Å². The highest BCUT2D eigenvalue weighted by Gasteiger charge is 2.25. The molecule has 1 N–H and O–H groups in total. The molecular formula is C9H18O2. The Kier molecular flexibility index (Phi) is 3.87. The Labute approximate surface area is 68.6 Å². The van der Waals surface area contributed by atoms with Crippen LogP contribution in [0.4, 0.5) is 0 Å². The molecule has 11 heavy (non-hydrogen) atoms. The summed E-state index contributed by atoms with van der Waals surface area (Å²) in [7, 11) is 0. The van der Waals surface area contributed by atoms with E-state index in [0.717, 1.165) is 25.4 Å². The van der Waals surface area contributed by atoms with E-state index in [1.807, 2.05) is 0 Å². The quantitative estimate of drug-likeness (QED) is 0.673. The second-order valence-corrected chi connectivity index (χ2v) is 3.23. The van der Waals surface area contributed by atoms with E-state index >= 15 is 0 Å². The van der Waals surface area contributed by atoms with Gasteiger partial charge in [-0.15, -0.1) is 0 Å². The summed E-state index contributed by atoms with van der Waals surface area (Å²) in [5, 5.41) is 8.63. The largest absolute Gasteiger partial charge is 0.396 e. The molecule has 66 valence electrons. The normalized spacial score (nSPS) is 31.1. The van der Waals surface area contributed by atoms with Crippen molar-refractivity contribution in [1.29, 1.82) is 0 Å². The number of ether oxygens (including phenoxy) is 1. The molecule has 2 heteroatoms. The van der Waals surface area contributed by atoms with Crippen molar-refractivity contribution in [3.63, 3.8) is 0 Å². The maximum Gasteiger partial charge on any atom is 0.0604 e. The number of hydrogen-bond donors (Lipinski definition) is 1. The van der Waals surface area contributed by atoms with E-state index < -0.39 is 0 Å². The van der Waals surface area contributed by atoms with Crippen molar-refractivity contribution in [1.82, 2.24) is 0 Å². The molecule has 0 amide bonds. The van der Waals surface area contributed by atoms with Crippen LogP contribution in [0.25, 0.3) is 0 Å². The molecular weight excluding hydrogens is 140 g/mol. The van der Waals surface area contributed by atoms with Gasteiger partial charge in [0.05, 0.1) is 6.10 Å². The molecule has 1 aliphatic heterocycles. The van der Waals surface area contributed by atoms with Crippen molar-refractivity contribution in [3.8, 4) is 0 Å². The summed E-state index contributed by atoms with van der Waals surface area (Å²) >= 11 is 0. The van der Waals surface area contributed by atoms with E-state index in [1.54, 1.807) is 0 Å². The summed E-state index contributed by atoms with van der Waals surface area (Å²) in [6, 6.07) is 0. The zero-order valence-corrected chi connectivity index (χ0v) is 7.25. The van der Waals surface area contributed by atoms with Gasteiger partial charge in [-0.3, -0.25) is 0 Å². The molecule has 1 saturated heterocycles. The van der Waals surface area contributed by atoms with E-state index in [4.69, 9.17) is 9.84 Å². The minimum Gasteiger partial charge on any atom is -0.396 e. The maximum absolute atomic E-state index is 8.63. The Morgan fingerprint density at radius 1 is 1.55 bits per heavy atom. The predicted molar refractivity (Wildman–Crippen MR) is 44.5 cm³/mol. The van der Waals surface area contributed by atoms with Gasteiger partial charge in [-0.25, -0.2) is 0 Å². The second kappa shape index (κ2) is 4.73. The highest BCUT2D eigenvalue weighted by atomic mass is 16.5. The lowest BCUT2D eigenvalue weighted by Crippen LogP contribution is -2.15. The Bertz CT molecular complexity index is 104. The van der Waals surface area contributed by atoms with Crippen LogP contribution in [-0.4, -0.2) is 24.4 Å². The number of rotatable bonds is 4. The Hall–Kier alpha value is -0.0800. The van der Waals surface area contributed by atoms with Crippen molar-refractivity contribution in [2.24, 2.45) is 5.92 Å². The molecule has 2 atom stereocenters. The Morgan fingerprint density at radius 3 is 3.00 bits per heavy atom. The lowest BCUT2D eigenvalue weighted by atomic mass is 9.95. The minimum absolute atomic E-state index is 0.302. The highest BCUT2D eigenvalue weighted by Crippen LogP contribution is 2.26. The van der Waals surface area contributed by atoms with E-state index in [0.29, 0.717) is 12.7 Å². The summed E-state index contributed by atoms with van der Waals surface area (Å²) in [4.78, 5) is 0. The Morgan fingerprint density at radius 2 is 2.36 bits per heavy atom. The molecule has 0 aromatic heterocycles. The van der Waals surface area contributed by atoms with E-state index in [1.165, 1.54) is 12.8 Å². The van der Waals surface area contributed by atoms with Crippen molar-refractivity contribution < 1.29 is 9.84 Å². The molecule has 2 nitrogen and oxygen atoms in total. The topological polar surface area (TPSA) is 29.5 Å². The van der Waals surface area contributed by atoms with E-state index in [2.05, 4.69) is 6.92 Å². The minimum atomic E-state index is 0.302. The first kappa shape index (κ1) is 9.01. The molecule has 0 radical (unpaired) electrons. The van der Waals surface area contributed by atoms with Crippen LogP contribution in [0.2, 0.25) is 0 Å². The third kappa shape index (κ3) is 2.46. The lowest BCUT2D eigenvalue weighted by molar-refractivity contribution is 0.0760. The maximum atomic E-state index is 8.63. The van der Waals surface area contributed by atoms with Crippen molar-refractivity contribution in [3.05, 3.63) is 0 Å². The smallest absolute Gasteiger partial charge is 0.0604 e. The van der Waals surface area contributed by atoms with E-state index in [-0.39, 0.29) is 0 Å². The zero-order valence-electron chi connectivity index (χ0n) is 7.25. The first-order valence-electron chi connectivity index (χ1n) is 4.61. The van der Waals surface area contributed by atoms with Crippen LogP contribution in [0, 0.1) is 5.92 Å². The second-order valence-electron chi connectivity index (χ2n) is 3.23. The molecule has 0 saturated carbocycles. The fraction of sp³-hybridized carbons (Fsp3) is 1.00. The summed E-state index contributed by atoms with van der Waals surface area (Å²) in [6.45, 7) is 3.44. The molecule has 1 rings (SSSR count). The fourth-order valence-corrected chi connectivity index (χ4v) is 1.77. The molecule has 0 aliphatic carbocycles. The van der Waals surface area contributed by atoms with Crippen molar-refractivity contribution in [2.75, 3.05) is 13.2 Å². The molecule has 1 heterocycles. The summed E-state index contributed by atoms with van der Waals surface area (Å²) in [5.41, 5.74) is 0. The zero-order chi connectivity index (χ0) is 8.10. The molecule has 1 fully saturated rings. The first-order valence-corrected chi connectivity index (χ1v) is 4.61. The first-order chi connectivity index (χ1) is 5.38. The predicted octanol–water partition coefficient (Wildman–Crippen LogP) is 1.57. The lowest BCUT2D eigenvalue weighted by Gasteiger charge is -2.15. The highest BCUT2D eigenvalue weighted by molar-refractivity contribution is 4.74. The van der Waals surface area contributed by atoms with Crippen LogP contribution in [0.3, 0.4) is 0 Å². The van der Waals surface area contributed by atoms with Crippen LogP contribution in [0.1, 0.15) is 32.6 Å². The Balaban J connectivity index is 2.20. The number of aliphatic hydroxyl groups is 1. The molecule has 0 bridgehead atoms.